The van der Waals surface area contributed by atoms with E-state index in [0.29, 0.717) is 12.5 Å². The highest BCUT2D eigenvalue weighted by Gasteiger charge is 2.12. The van der Waals surface area contributed by atoms with Crippen molar-refractivity contribution < 1.29 is 9.47 Å². The standard InChI is InChI=1S/C18H22O2/c1-13(2)16-11-17(19-4)14(3)10-18(16)20-12-15-8-6-5-7-9-15/h5-11,13H,12H2,1-4H3. The molecular formula is C18H22O2. The van der Waals surface area contributed by atoms with Crippen molar-refractivity contribution in [1.82, 2.24) is 0 Å². The Kier molecular flexibility index (Phi) is 4.67. The van der Waals surface area contributed by atoms with Crippen molar-refractivity contribution in [1.29, 1.82) is 0 Å². The topological polar surface area (TPSA) is 18.5 Å². The minimum Gasteiger partial charge on any atom is -0.496 e. The van der Waals surface area contributed by atoms with Crippen LogP contribution in [0.2, 0.25) is 0 Å². The molecule has 0 heterocycles. The fourth-order valence-corrected chi connectivity index (χ4v) is 2.21. The van der Waals surface area contributed by atoms with Crippen LogP contribution in [0.25, 0.3) is 0 Å². The van der Waals surface area contributed by atoms with Gasteiger partial charge >= 0.3 is 0 Å². The molecule has 0 N–H and O–H groups in total. The van der Waals surface area contributed by atoms with Gasteiger partial charge in [0.05, 0.1) is 7.11 Å². The zero-order valence-corrected chi connectivity index (χ0v) is 12.6. The fraction of sp³-hybridized carbons (Fsp3) is 0.333. The van der Waals surface area contributed by atoms with Crippen molar-refractivity contribution in [2.75, 3.05) is 7.11 Å². The van der Waals surface area contributed by atoms with E-state index >= 15 is 0 Å². The predicted molar refractivity (Wildman–Crippen MR) is 82.6 cm³/mol. The molecule has 0 aliphatic heterocycles. The first-order valence-corrected chi connectivity index (χ1v) is 6.97. The molecule has 0 bridgehead atoms. The Bertz CT molecular complexity index is 559. The zero-order valence-electron chi connectivity index (χ0n) is 12.6. The van der Waals surface area contributed by atoms with Crippen LogP contribution in [0, 0.1) is 6.92 Å². The maximum atomic E-state index is 6.01. The van der Waals surface area contributed by atoms with E-state index in [0.717, 1.165) is 17.1 Å². The van der Waals surface area contributed by atoms with E-state index in [9.17, 15) is 0 Å². The van der Waals surface area contributed by atoms with Crippen molar-refractivity contribution in [2.24, 2.45) is 0 Å². The first-order chi connectivity index (χ1) is 9.61. The van der Waals surface area contributed by atoms with Gasteiger partial charge < -0.3 is 9.47 Å². The average Bonchev–Trinajstić information content (AvgIpc) is 2.46. The minimum absolute atomic E-state index is 0.398. The first kappa shape index (κ1) is 14.4. The minimum atomic E-state index is 0.398. The van der Waals surface area contributed by atoms with E-state index in [1.54, 1.807) is 7.11 Å². The van der Waals surface area contributed by atoms with Gasteiger partial charge in [-0.1, -0.05) is 44.2 Å². The highest BCUT2D eigenvalue weighted by Crippen LogP contribution is 2.33. The van der Waals surface area contributed by atoms with Gasteiger partial charge in [-0.05, 0) is 36.1 Å². The molecule has 0 atom stereocenters. The Labute approximate surface area is 121 Å². The first-order valence-electron chi connectivity index (χ1n) is 6.97. The number of rotatable bonds is 5. The lowest BCUT2D eigenvalue weighted by molar-refractivity contribution is 0.300. The normalized spacial score (nSPS) is 10.7. The highest BCUT2D eigenvalue weighted by molar-refractivity contribution is 5.47. The second kappa shape index (κ2) is 6.47. The summed E-state index contributed by atoms with van der Waals surface area (Å²) < 4.78 is 11.4. The number of methoxy groups -OCH3 is 1. The lowest BCUT2D eigenvalue weighted by Crippen LogP contribution is -2.01. The molecule has 0 aliphatic rings. The summed E-state index contributed by atoms with van der Waals surface area (Å²) in [4.78, 5) is 0. The van der Waals surface area contributed by atoms with Crippen molar-refractivity contribution in [3.05, 3.63) is 59.2 Å². The monoisotopic (exact) mass is 270 g/mol. The quantitative estimate of drug-likeness (QED) is 0.783. The van der Waals surface area contributed by atoms with Crippen molar-refractivity contribution in [2.45, 2.75) is 33.3 Å². The molecule has 2 heteroatoms. The lowest BCUT2D eigenvalue weighted by Gasteiger charge is -2.17. The van der Waals surface area contributed by atoms with Gasteiger partial charge in [0.15, 0.2) is 0 Å². The van der Waals surface area contributed by atoms with Crippen LogP contribution in [0.3, 0.4) is 0 Å². The van der Waals surface area contributed by atoms with Gasteiger partial charge in [0.2, 0.25) is 0 Å². The van der Waals surface area contributed by atoms with E-state index in [1.165, 1.54) is 11.1 Å². The molecule has 0 saturated heterocycles. The van der Waals surface area contributed by atoms with Crippen molar-refractivity contribution in [3.8, 4) is 11.5 Å². The van der Waals surface area contributed by atoms with Gasteiger partial charge in [-0.3, -0.25) is 0 Å². The van der Waals surface area contributed by atoms with E-state index in [1.807, 2.05) is 25.1 Å². The lowest BCUT2D eigenvalue weighted by atomic mass is 10.00. The molecule has 2 aromatic rings. The summed E-state index contributed by atoms with van der Waals surface area (Å²) in [5.41, 5.74) is 3.46. The molecule has 0 radical (unpaired) electrons. The molecule has 0 fully saturated rings. The molecular weight excluding hydrogens is 248 g/mol. The molecule has 2 aromatic carbocycles. The van der Waals surface area contributed by atoms with Gasteiger partial charge in [0.25, 0.3) is 0 Å². The Balaban J connectivity index is 2.24. The molecule has 2 rings (SSSR count). The van der Waals surface area contributed by atoms with E-state index in [4.69, 9.17) is 9.47 Å². The Morgan fingerprint density at radius 2 is 1.70 bits per heavy atom. The molecule has 106 valence electrons. The van der Waals surface area contributed by atoms with Crippen molar-refractivity contribution in [3.63, 3.8) is 0 Å². The van der Waals surface area contributed by atoms with E-state index < -0.39 is 0 Å². The third kappa shape index (κ3) is 3.32. The van der Waals surface area contributed by atoms with Gasteiger partial charge in [0, 0.05) is 5.56 Å². The Morgan fingerprint density at radius 1 is 1.00 bits per heavy atom. The highest BCUT2D eigenvalue weighted by atomic mass is 16.5. The third-order valence-electron chi connectivity index (χ3n) is 3.39. The number of hydrogen-bond acceptors (Lipinski definition) is 2. The molecule has 2 nitrogen and oxygen atoms in total. The van der Waals surface area contributed by atoms with Gasteiger partial charge in [-0.25, -0.2) is 0 Å². The molecule has 0 aromatic heterocycles. The molecule has 20 heavy (non-hydrogen) atoms. The Morgan fingerprint density at radius 3 is 2.30 bits per heavy atom. The van der Waals surface area contributed by atoms with Gasteiger partial charge in [0.1, 0.15) is 18.1 Å². The summed E-state index contributed by atoms with van der Waals surface area (Å²) in [5, 5.41) is 0. The summed E-state index contributed by atoms with van der Waals surface area (Å²) in [6.07, 6.45) is 0. The van der Waals surface area contributed by atoms with Crippen LogP contribution in [0.4, 0.5) is 0 Å². The summed E-state index contributed by atoms with van der Waals surface area (Å²) in [6, 6.07) is 14.4. The average molecular weight is 270 g/mol. The van der Waals surface area contributed by atoms with Gasteiger partial charge in [-0.15, -0.1) is 0 Å². The zero-order chi connectivity index (χ0) is 14.5. The summed E-state index contributed by atoms with van der Waals surface area (Å²) in [7, 11) is 1.71. The smallest absolute Gasteiger partial charge is 0.123 e. The van der Waals surface area contributed by atoms with Crippen LogP contribution in [0.1, 0.15) is 36.5 Å². The van der Waals surface area contributed by atoms with Crippen LogP contribution in [-0.2, 0) is 6.61 Å². The Hall–Kier alpha value is -1.96. The van der Waals surface area contributed by atoms with E-state index in [2.05, 4.69) is 38.1 Å². The molecule has 0 saturated carbocycles. The van der Waals surface area contributed by atoms with Crippen LogP contribution in [0.5, 0.6) is 11.5 Å². The fourth-order valence-electron chi connectivity index (χ4n) is 2.21. The van der Waals surface area contributed by atoms with Gasteiger partial charge in [-0.2, -0.15) is 0 Å². The molecule has 0 amide bonds. The summed E-state index contributed by atoms with van der Waals surface area (Å²) in [5.74, 6) is 2.26. The SMILES string of the molecule is COc1cc(C(C)C)c(OCc2ccccc2)cc1C. The van der Waals surface area contributed by atoms with Crippen LogP contribution >= 0.6 is 0 Å². The van der Waals surface area contributed by atoms with E-state index in [-0.39, 0.29) is 0 Å². The second-order valence-corrected chi connectivity index (χ2v) is 5.29. The number of ether oxygens (including phenoxy) is 2. The number of benzene rings is 2. The molecule has 0 unspecified atom stereocenters. The summed E-state index contributed by atoms with van der Waals surface area (Å²) >= 11 is 0. The largest absolute Gasteiger partial charge is 0.496 e. The second-order valence-electron chi connectivity index (χ2n) is 5.29. The van der Waals surface area contributed by atoms with Crippen molar-refractivity contribution >= 4 is 0 Å². The maximum absolute atomic E-state index is 6.01. The summed E-state index contributed by atoms with van der Waals surface area (Å²) in [6.45, 7) is 6.96. The van der Waals surface area contributed by atoms with Crippen LogP contribution < -0.4 is 9.47 Å². The molecule has 0 aliphatic carbocycles. The third-order valence-corrected chi connectivity index (χ3v) is 3.39. The number of aryl methyl sites for hydroxylation is 1. The van der Waals surface area contributed by atoms with Crippen LogP contribution in [0.15, 0.2) is 42.5 Å². The number of hydrogen-bond donors (Lipinski definition) is 0. The maximum Gasteiger partial charge on any atom is 0.123 e. The van der Waals surface area contributed by atoms with Crippen LogP contribution in [-0.4, -0.2) is 7.11 Å². The predicted octanol–water partition coefficient (Wildman–Crippen LogP) is 4.71. The molecule has 0 spiro atoms.